The minimum absolute atomic E-state index is 0.0331. The lowest BCUT2D eigenvalue weighted by Crippen LogP contribution is -2.30. The minimum Gasteiger partial charge on any atom is -0.454 e. The van der Waals surface area contributed by atoms with Gasteiger partial charge >= 0.3 is 5.97 Å². The summed E-state index contributed by atoms with van der Waals surface area (Å²) in [6.45, 7) is 4.25. The fraction of sp³-hybridized carbons (Fsp3) is 0.471. The Morgan fingerprint density at radius 3 is 2.89 bits per heavy atom. The summed E-state index contributed by atoms with van der Waals surface area (Å²) in [6.07, 6.45) is 6.48. The zero-order valence-electron chi connectivity index (χ0n) is 11.6. The number of ether oxygens (including phenoxy) is 1. The Hall–Kier alpha value is -1.57. The van der Waals surface area contributed by atoms with E-state index in [0.717, 1.165) is 41.9 Å². The van der Waals surface area contributed by atoms with Gasteiger partial charge in [0.15, 0.2) is 0 Å². The van der Waals surface area contributed by atoms with Gasteiger partial charge in [-0.1, -0.05) is 31.2 Å². The molecule has 2 aliphatic rings. The third-order valence-electron chi connectivity index (χ3n) is 4.34. The van der Waals surface area contributed by atoms with E-state index in [4.69, 9.17) is 4.74 Å². The minimum atomic E-state index is -0.149. The topological polar surface area (TPSA) is 26.3 Å². The van der Waals surface area contributed by atoms with Crippen molar-refractivity contribution in [2.75, 3.05) is 0 Å². The number of allylic oxidation sites excluding steroid dienone is 1. The van der Waals surface area contributed by atoms with Gasteiger partial charge in [-0.25, -0.2) is 4.79 Å². The molecule has 0 spiro atoms. The molecule has 1 aliphatic heterocycles. The predicted octanol–water partition coefficient (Wildman–Crippen LogP) is 3.82. The predicted molar refractivity (Wildman–Crippen MR) is 75.2 cm³/mol. The number of hydrogen-bond donors (Lipinski definition) is 0. The second kappa shape index (κ2) is 4.84. The first-order valence-corrected chi connectivity index (χ1v) is 7.13. The monoisotopic (exact) mass is 256 g/mol. The highest BCUT2D eigenvalue weighted by Crippen LogP contribution is 2.32. The van der Waals surface area contributed by atoms with Crippen molar-refractivity contribution in [3.8, 4) is 0 Å². The zero-order chi connectivity index (χ0) is 13.4. The maximum absolute atomic E-state index is 12.2. The molecule has 100 valence electrons. The number of carbonyl (C=O) groups is 1. The number of fused-ring (bicyclic) bond motifs is 1. The van der Waals surface area contributed by atoms with Crippen LogP contribution in [-0.4, -0.2) is 12.1 Å². The molecule has 0 amide bonds. The molecule has 0 bridgehead atoms. The van der Waals surface area contributed by atoms with Gasteiger partial charge in [-0.3, -0.25) is 0 Å². The van der Waals surface area contributed by atoms with Crippen LogP contribution >= 0.6 is 0 Å². The molecule has 1 aromatic rings. The molecule has 19 heavy (non-hydrogen) atoms. The summed E-state index contributed by atoms with van der Waals surface area (Å²) in [4.78, 5) is 12.2. The van der Waals surface area contributed by atoms with Crippen LogP contribution in [0.1, 0.15) is 47.7 Å². The summed E-state index contributed by atoms with van der Waals surface area (Å²) in [5.41, 5.74) is 4.26. The zero-order valence-corrected chi connectivity index (χ0v) is 11.6. The van der Waals surface area contributed by atoms with Crippen LogP contribution in [0.25, 0.3) is 0 Å². The van der Waals surface area contributed by atoms with Crippen LogP contribution < -0.4 is 0 Å². The maximum atomic E-state index is 12.2. The second-order valence-electron chi connectivity index (χ2n) is 5.87. The van der Waals surface area contributed by atoms with E-state index >= 15 is 0 Å². The maximum Gasteiger partial charge on any atom is 0.339 e. The molecule has 0 saturated carbocycles. The standard InChI is InChI=1S/C17H20O2/c1-11-6-8-13(9-7-11)15-10-14-5-3-4-12(2)16(14)17(18)19-15/h3-5,8,11,15H,6-7,9-10H2,1-2H3. The first-order valence-electron chi connectivity index (χ1n) is 7.13. The number of benzene rings is 1. The van der Waals surface area contributed by atoms with Gasteiger partial charge in [0.1, 0.15) is 6.10 Å². The van der Waals surface area contributed by atoms with Crippen molar-refractivity contribution in [2.45, 2.75) is 45.6 Å². The molecule has 3 rings (SSSR count). The Bertz CT molecular complexity index is 542. The van der Waals surface area contributed by atoms with Gasteiger partial charge < -0.3 is 4.74 Å². The molecule has 2 heteroatoms. The lowest BCUT2D eigenvalue weighted by atomic mass is 9.85. The SMILES string of the molecule is Cc1cccc2c1C(=O)OC(C1=CCC(C)CC1)C2. The van der Waals surface area contributed by atoms with Crippen molar-refractivity contribution in [1.82, 2.24) is 0 Å². The van der Waals surface area contributed by atoms with E-state index in [9.17, 15) is 4.79 Å². The first-order chi connectivity index (χ1) is 9.15. The number of esters is 1. The summed E-state index contributed by atoms with van der Waals surface area (Å²) in [5.74, 6) is 0.612. The first kappa shape index (κ1) is 12.5. The highest BCUT2D eigenvalue weighted by atomic mass is 16.5. The second-order valence-corrected chi connectivity index (χ2v) is 5.87. The molecule has 0 radical (unpaired) electrons. The van der Waals surface area contributed by atoms with Crippen molar-refractivity contribution in [2.24, 2.45) is 5.92 Å². The molecular weight excluding hydrogens is 236 g/mol. The number of hydrogen-bond acceptors (Lipinski definition) is 2. The third-order valence-corrected chi connectivity index (χ3v) is 4.34. The van der Waals surface area contributed by atoms with E-state index in [1.165, 1.54) is 12.0 Å². The highest BCUT2D eigenvalue weighted by molar-refractivity contribution is 5.94. The van der Waals surface area contributed by atoms with Crippen molar-refractivity contribution < 1.29 is 9.53 Å². The summed E-state index contributed by atoms with van der Waals surface area (Å²) < 4.78 is 5.66. The molecule has 2 atom stereocenters. The molecule has 1 aromatic carbocycles. The van der Waals surface area contributed by atoms with Crippen molar-refractivity contribution in [3.63, 3.8) is 0 Å². The fourth-order valence-electron chi connectivity index (χ4n) is 3.10. The Balaban J connectivity index is 1.88. The van der Waals surface area contributed by atoms with Gasteiger partial charge in [-0.05, 0) is 48.8 Å². The third kappa shape index (κ3) is 2.32. The Kier molecular flexibility index (Phi) is 3.17. The molecule has 0 aromatic heterocycles. The van der Waals surface area contributed by atoms with Crippen LogP contribution in [0.4, 0.5) is 0 Å². The van der Waals surface area contributed by atoms with E-state index in [-0.39, 0.29) is 12.1 Å². The quantitative estimate of drug-likeness (QED) is 0.564. The van der Waals surface area contributed by atoms with Gasteiger partial charge in [-0.2, -0.15) is 0 Å². The number of cyclic esters (lactones) is 1. The normalized spacial score (nSPS) is 26.4. The van der Waals surface area contributed by atoms with Crippen LogP contribution in [0.5, 0.6) is 0 Å². The average molecular weight is 256 g/mol. The molecule has 2 nitrogen and oxygen atoms in total. The van der Waals surface area contributed by atoms with Crippen LogP contribution in [0.2, 0.25) is 0 Å². The Morgan fingerprint density at radius 2 is 2.16 bits per heavy atom. The largest absolute Gasteiger partial charge is 0.454 e. The lowest BCUT2D eigenvalue weighted by Gasteiger charge is -2.30. The van der Waals surface area contributed by atoms with Gasteiger partial charge in [-0.15, -0.1) is 0 Å². The Labute approximate surface area is 114 Å². The van der Waals surface area contributed by atoms with E-state index in [2.05, 4.69) is 19.1 Å². The lowest BCUT2D eigenvalue weighted by molar-refractivity contribution is 0.0323. The molecule has 1 aliphatic carbocycles. The van der Waals surface area contributed by atoms with Crippen molar-refractivity contribution >= 4 is 5.97 Å². The molecule has 0 N–H and O–H groups in total. The van der Waals surface area contributed by atoms with Gasteiger partial charge in [0, 0.05) is 6.42 Å². The number of aryl methyl sites for hydroxylation is 1. The van der Waals surface area contributed by atoms with Crippen molar-refractivity contribution in [3.05, 3.63) is 46.5 Å². The van der Waals surface area contributed by atoms with E-state index in [1.807, 2.05) is 19.1 Å². The smallest absolute Gasteiger partial charge is 0.339 e. The van der Waals surface area contributed by atoms with E-state index in [1.54, 1.807) is 0 Å². The summed E-state index contributed by atoms with van der Waals surface area (Å²) in [6, 6.07) is 6.06. The summed E-state index contributed by atoms with van der Waals surface area (Å²) in [5, 5.41) is 0. The van der Waals surface area contributed by atoms with Crippen molar-refractivity contribution in [1.29, 1.82) is 0 Å². The summed E-state index contributed by atoms with van der Waals surface area (Å²) >= 11 is 0. The van der Waals surface area contributed by atoms with E-state index in [0.29, 0.717) is 0 Å². The van der Waals surface area contributed by atoms with Crippen LogP contribution in [0.15, 0.2) is 29.8 Å². The summed E-state index contributed by atoms with van der Waals surface area (Å²) in [7, 11) is 0. The van der Waals surface area contributed by atoms with Gasteiger partial charge in [0.2, 0.25) is 0 Å². The van der Waals surface area contributed by atoms with Crippen LogP contribution in [0.3, 0.4) is 0 Å². The average Bonchev–Trinajstić information content (AvgIpc) is 2.39. The van der Waals surface area contributed by atoms with Gasteiger partial charge in [0.05, 0.1) is 5.56 Å². The Morgan fingerprint density at radius 1 is 1.32 bits per heavy atom. The molecule has 2 unspecified atom stereocenters. The molecule has 0 saturated heterocycles. The van der Waals surface area contributed by atoms with E-state index < -0.39 is 0 Å². The highest BCUT2D eigenvalue weighted by Gasteiger charge is 2.30. The fourth-order valence-corrected chi connectivity index (χ4v) is 3.10. The van der Waals surface area contributed by atoms with Crippen LogP contribution in [-0.2, 0) is 11.2 Å². The van der Waals surface area contributed by atoms with Crippen LogP contribution in [0, 0.1) is 12.8 Å². The number of carbonyl (C=O) groups excluding carboxylic acids is 1. The molecular formula is C17H20O2. The van der Waals surface area contributed by atoms with Gasteiger partial charge in [0.25, 0.3) is 0 Å². The molecule has 1 heterocycles. The number of rotatable bonds is 1. The molecule has 0 fully saturated rings.